The van der Waals surface area contributed by atoms with E-state index in [4.69, 9.17) is 4.74 Å². The average Bonchev–Trinajstić information content (AvgIpc) is 2.87. The lowest BCUT2D eigenvalue weighted by Gasteiger charge is -2.19. The number of halogens is 1. The third-order valence-corrected chi connectivity index (χ3v) is 3.45. The maximum atomic E-state index is 14.3. The van der Waals surface area contributed by atoms with Crippen molar-refractivity contribution in [3.05, 3.63) is 60.5 Å². The van der Waals surface area contributed by atoms with E-state index in [1.807, 2.05) is 36.4 Å². The summed E-state index contributed by atoms with van der Waals surface area (Å²) in [6, 6.07) is 14.4. The molecule has 1 aromatic heterocycles. The Bertz CT molecular complexity index is 860. The molecule has 0 bridgehead atoms. The molecule has 4 heteroatoms. The van der Waals surface area contributed by atoms with Crippen LogP contribution in [-0.4, -0.2) is 16.3 Å². The second-order valence-corrected chi connectivity index (χ2v) is 6.40. The molecule has 0 fully saturated rings. The third-order valence-electron chi connectivity index (χ3n) is 3.45. The zero-order chi connectivity index (χ0) is 16.6. The van der Waals surface area contributed by atoms with Gasteiger partial charge in [0.2, 0.25) is 0 Å². The number of para-hydroxylation sites is 1. The zero-order valence-electron chi connectivity index (χ0n) is 13.3. The molecule has 0 unspecified atom stereocenters. The van der Waals surface area contributed by atoms with Crippen molar-refractivity contribution in [3.63, 3.8) is 0 Å². The molecule has 0 aliphatic carbocycles. The molecular weight excluding hydrogens is 293 g/mol. The molecule has 2 aromatic carbocycles. The van der Waals surface area contributed by atoms with E-state index in [0.717, 1.165) is 11.1 Å². The average molecular weight is 311 g/mol. The van der Waals surface area contributed by atoms with E-state index in [9.17, 15) is 9.18 Å². The molecule has 0 radical (unpaired) electrons. The van der Waals surface area contributed by atoms with Gasteiger partial charge in [-0.15, -0.1) is 0 Å². The van der Waals surface area contributed by atoms with Crippen LogP contribution in [0.25, 0.3) is 22.0 Å². The van der Waals surface area contributed by atoms with Crippen molar-refractivity contribution in [2.45, 2.75) is 26.4 Å². The monoisotopic (exact) mass is 311 g/mol. The van der Waals surface area contributed by atoms with Crippen LogP contribution in [0.15, 0.2) is 54.7 Å². The van der Waals surface area contributed by atoms with E-state index in [1.54, 1.807) is 33.0 Å². The Kier molecular flexibility index (Phi) is 3.68. The summed E-state index contributed by atoms with van der Waals surface area (Å²) >= 11 is 0. The molecule has 0 amide bonds. The normalized spacial score (nSPS) is 11.7. The highest BCUT2D eigenvalue weighted by atomic mass is 19.1. The van der Waals surface area contributed by atoms with Gasteiger partial charge in [-0.25, -0.2) is 13.8 Å². The van der Waals surface area contributed by atoms with Crippen LogP contribution < -0.4 is 0 Å². The van der Waals surface area contributed by atoms with Gasteiger partial charge in [0.1, 0.15) is 11.4 Å². The van der Waals surface area contributed by atoms with Gasteiger partial charge < -0.3 is 4.74 Å². The van der Waals surface area contributed by atoms with Crippen molar-refractivity contribution in [1.82, 2.24) is 4.57 Å². The lowest BCUT2D eigenvalue weighted by Crippen LogP contribution is -2.26. The molecule has 0 N–H and O–H groups in total. The molecule has 0 aliphatic heterocycles. The van der Waals surface area contributed by atoms with E-state index < -0.39 is 17.5 Å². The summed E-state index contributed by atoms with van der Waals surface area (Å²) in [5, 5.41) is 0.682. The molecule has 0 spiro atoms. The molecular formula is C19H18FNO2. The number of hydrogen-bond donors (Lipinski definition) is 0. The topological polar surface area (TPSA) is 31.2 Å². The molecule has 0 atom stereocenters. The maximum absolute atomic E-state index is 14.3. The highest BCUT2D eigenvalue weighted by molar-refractivity contribution is 6.00. The van der Waals surface area contributed by atoms with Crippen molar-refractivity contribution in [2.24, 2.45) is 0 Å². The predicted molar refractivity (Wildman–Crippen MR) is 89.0 cm³/mol. The first-order chi connectivity index (χ1) is 10.9. The van der Waals surface area contributed by atoms with E-state index >= 15 is 0 Å². The van der Waals surface area contributed by atoms with Gasteiger partial charge in [-0.2, -0.15) is 0 Å². The van der Waals surface area contributed by atoms with Crippen molar-refractivity contribution in [3.8, 4) is 11.1 Å². The Balaban J connectivity index is 2.21. The van der Waals surface area contributed by atoms with Crippen LogP contribution in [0.2, 0.25) is 0 Å². The molecule has 3 aromatic rings. The quantitative estimate of drug-likeness (QED) is 0.616. The van der Waals surface area contributed by atoms with Crippen LogP contribution in [0.1, 0.15) is 20.8 Å². The largest absolute Gasteiger partial charge is 0.443 e. The molecule has 3 nitrogen and oxygen atoms in total. The highest BCUT2D eigenvalue weighted by Gasteiger charge is 2.22. The van der Waals surface area contributed by atoms with Gasteiger partial charge in [-0.3, -0.25) is 0 Å². The Hall–Kier alpha value is -2.62. The number of ether oxygens (including phenoxy) is 1. The zero-order valence-corrected chi connectivity index (χ0v) is 13.3. The fourth-order valence-electron chi connectivity index (χ4n) is 2.54. The highest BCUT2D eigenvalue weighted by Crippen LogP contribution is 2.32. The molecule has 118 valence electrons. The van der Waals surface area contributed by atoms with Crippen LogP contribution in [-0.2, 0) is 4.74 Å². The first-order valence-electron chi connectivity index (χ1n) is 7.45. The van der Waals surface area contributed by atoms with Crippen LogP contribution in [0, 0.1) is 5.82 Å². The van der Waals surface area contributed by atoms with Crippen LogP contribution in [0.3, 0.4) is 0 Å². The third kappa shape index (κ3) is 2.97. The van der Waals surface area contributed by atoms with Crippen molar-refractivity contribution in [2.75, 3.05) is 0 Å². The second kappa shape index (κ2) is 5.54. The Morgan fingerprint density at radius 3 is 2.39 bits per heavy atom. The summed E-state index contributed by atoms with van der Waals surface area (Å²) in [5.41, 5.74) is 1.31. The first kappa shape index (κ1) is 15.3. The number of aromatic nitrogens is 1. The smallest absolute Gasteiger partial charge is 0.419 e. The minimum Gasteiger partial charge on any atom is -0.443 e. The molecule has 3 rings (SSSR count). The maximum Gasteiger partial charge on any atom is 0.419 e. The number of rotatable bonds is 1. The summed E-state index contributed by atoms with van der Waals surface area (Å²) < 4.78 is 21.0. The minimum absolute atomic E-state index is 0.237. The van der Waals surface area contributed by atoms with Gasteiger partial charge in [0.25, 0.3) is 0 Å². The van der Waals surface area contributed by atoms with Gasteiger partial charge in [-0.05, 0) is 32.4 Å². The predicted octanol–water partition coefficient (Wildman–Crippen LogP) is 5.23. The molecule has 1 heterocycles. The van der Waals surface area contributed by atoms with E-state index in [0.29, 0.717) is 5.39 Å². The summed E-state index contributed by atoms with van der Waals surface area (Å²) in [6.45, 7) is 5.35. The second-order valence-electron chi connectivity index (χ2n) is 6.40. The summed E-state index contributed by atoms with van der Waals surface area (Å²) in [5.74, 6) is -0.449. The lowest BCUT2D eigenvalue weighted by atomic mass is 10.1. The van der Waals surface area contributed by atoms with Gasteiger partial charge in [0.05, 0.1) is 5.52 Å². The van der Waals surface area contributed by atoms with Crippen LogP contribution in [0.5, 0.6) is 0 Å². The summed E-state index contributed by atoms with van der Waals surface area (Å²) in [6.07, 6.45) is 1.05. The molecule has 0 aliphatic rings. The fraction of sp³-hybridized carbons (Fsp3) is 0.211. The summed E-state index contributed by atoms with van der Waals surface area (Å²) in [4.78, 5) is 12.4. The van der Waals surface area contributed by atoms with E-state index in [1.165, 1.54) is 10.6 Å². The van der Waals surface area contributed by atoms with Crippen molar-refractivity contribution in [1.29, 1.82) is 0 Å². The number of nitrogens with zero attached hydrogens (tertiary/aromatic N) is 1. The van der Waals surface area contributed by atoms with Crippen molar-refractivity contribution >= 4 is 17.0 Å². The SMILES string of the molecule is CC(C)(C)OC(=O)n1cc(-c2ccccc2)c2cccc(F)c21. The molecule has 0 saturated heterocycles. The Morgan fingerprint density at radius 2 is 1.74 bits per heavy atom. The number of fused-ring (bicyclic) bond motifs is 1. The van der Waals surface area contributed by atoms with E-state index in [-0.39, 0.29) is 5.52 Å². The number of carbonyl (C=O) groups is 1. The number of carbonyl (C=O) groups excluding carboxylic acids is 1. The number of benzene rings is 2. The Morgan fingerprint density at radius 1 is 1.04 bits per heavy atom. The first-order valence-corrected chi connectivity index (χ1v) is 7.45. The van der Waals surface area contributed by atoms with Crippen molar-refractivity contribution < 1.29 is 13.9 Å². The molecule has 23 heavy (non-hydrogen) atoms. The van der Waals surface area contributed by atoms with Gasteiger partial charge in [0.15, 0.2) is 0 Å². The Labute approximate surface area is 134 Å². The molecule has 0 saturated carbocycles. The van der Waals surface area contributed by atoms with Gasteiger partial charge in [-0.1, -0.05) is 42.5 Å². The van der Waals surface area contributed by atoms with Crippen LogP contribution >= 0.6 is 0 Å². The minimum atomic E-state index is -0.647. The lowest BCUT2D eigenvalue weighted by molar-refractivity contribution is 0.0543. The van der Waals surface area contributed by atoms with E-state index in [2.05, 4.69) is 0 Å². The fourth-order valence-corrected chi connectivity index (χ4v) is 2.54. The number of hydrogen-bond acceptors (Lipinski definition) is 2. The van der Waals surface area contributed by atoms with Gasteiger partial charge >= 0.3 is 6.09 Å². The standard InChI is InChI=1S/C19H18FNO2/c1-19(2,3)23-18(22)21-12-15(13-8-5-4-6-9-13)14-10-7-11-16(20)17(14)21/h4-12H,1-3H3. The van der Waals surface area contributed by atoms with Crippen LogP contribution in [0.4, 0.5) is 9.18 Å². The van der Waals surface area contributed by atoms with Gasteiger partial charge in [0, 0.05) is 17.1 Å². The summed E-state index contributed by atoms with van der Waals surface area (Å²) in [7, 11) is 0.